The molecule has 472 valence electrons. The molecule has 4 heterocycles. The molecule has 28 nitrogen and oxygen atoms in total. The maximum absolute atomic E-state index is 14.7. The number of aliphatic hydroxyl groups is 1. The van der Waals surface area contributed by atoms with Crippen LogP contribution in [0.3, 0.4) is 0 Å². The lowest BCUT2D eigenvalue weighted by Gasteiger charge is -2.31. The highest BCUT2D eigenvalue weighted by Crippen LogP contribution is 2.34. The fraction of sp³-hybridized carbons (Fsp3) is 0.569. The monoisotopic (exact) mass is 1230 g/mol. The number of H-pyrrole nitrogens is 1. The Morgan fingerprint density at radius 2 is 1.39 bits per heavy atom. The quantitative estimate of drug-likeness (QED) is 0.0655. The molecule has 0 spiro atoms. The third-order valence-electron chi connectivity index (χ3n) is 15.4. The lowest BCUT2D eigenvalue weighted by molar-refractivity contribution is -0.148. The molecule has 1 aromatic carbocycles. The summed E-state index contributed by atoms with van der Waals surface area (Å²) in [6.07, 6.45) is -3.31. The standard InChI is InChI=1S/C58H76N10O18S/c1-6-29(3)50-55(84)62-25-46(75)63-42-28-87-57-39(38-19-32(11-12-40(38)65-57)18-36(71)24-60-52(81)31(5)17-35(70)10-8-9-34(69)15-16-59-45(74)13-14-48(77)78)23-41(53(82)61-26-47(76)66-50)64-56(85)51(30(4)7-2)67-54(83)43-22-37(72)27-68(43)58(86)33(20-44(42)73)21-49(79)80/h11-12,19,29-31,33,37,41-43,50-51,65,72H,6-10,15-18,20-28H2,1-5H3,(H,59,74)(H,60,81)(H,61,82)(H,62,84)(H,63,75)(H,64,85)(H,66,76)(H,67,83)(H,77,78)(H,79,80)/t29-,30?,31?,33-,37+,41+,42-,43-,50-,51-/m0/s1. The van der Waals surface area contributed by atoms with E-state index in [-0.39, 0.29) is 80.3 Å². The second-order valence-electron chi connectivity index (χ2n) is 22.1. The fourth-order valence-electron chi connectivity index (χ4n) is 10.1. The molecule has 5 rings (SSSR count). The molecule has 2 aromatic rings. The van der Waals surface area contributed by atoms with Crippen LogP contribution in [0.25, 0.3) is 10.9 Å². The Bertz CT molecular complexity index is 3080. The molecule has 3 aliphatic rings. The van der Waals surface area contributed by atoms with Crippen LogP contribution in [0.4, 0.5) is 0 Å². The first-order chi connectivity index (χ1) is 41.2. The van der Waals surface area contributed by atoms with Gasteiger partial charge in [-0.1, -0.05) is 53.5 Å². The molecule has 1 aromatic heterocycles. The van der Waals surface area contributed by atoms with Crippen LogP contribution >= 0.6 is 11.8 Å². The Hall–Kier alpha value is -8.52. The summed E-state index contributed by atoms with van der Waals surface area (Å²) in [5.74, 6) is -12.8. The molecule has 1 fully saturated rings. The Kier molecular flexibility index (Phi) is 26.1. The first kappa shape index (κ1) is 69.3. The average molecular weight is 1230 g/mol. The first-order valence-corrected chi connectivity index (χ1v) is 29.8. The van der Waals surface area contributed by atoms with Crippen molar-refractivity contribution in [3.8, 4) is 11.8 Å². The number of aliphatic carboxylic acids is 2. The Morgan fingerprint density at radius 1 is 0.736 bits per heavy atom. The number of benzene rings is 1. The smallest absolute Gasteiger partial charge is 0.382 e. The Labute approximate surface area is 505 Å². The summed E-state index contributed by atoms with van der Waals surface area (Å²) < 4.78 is 0. The average Bonchev–Trinajstić information content (AvgIpc) is 2.85. The summed E-state index contributed by atoms with van der Waals surface area (Å²) in [6.45, 7) is 5.95. The topological polar surface area (TPSA) is 432 Å². The number of nitrogens with one attached hydrogen (secondary N) is 9. The third kappa shape index (κ3) is 20.9. The van der Waals surface area contributed by atoms with Gasteiger partial charge < -0.3 is 67.7 Å². The predicted octanol–water partition coefficient (Wildman–Crippen LogP) is -1.74. The van der Waals surface area contributed by atoms with Gasteiger partial charge in [-0.25, -0.2) is 4.79 Å². The van der Waals surface area contributed by atoms with E-state index in [0.717, 1.165) is 16.7 Å². The van der Waals surface area contributed by atoms with Gasteiger partial charge in [-0.15, -0.1) is 11.8 Å². The zero-order chi connectivity index (χ0) is 64.2. The molecule has 10 atom stereocenters. The maximum atomic E-state index is 14.7. The van der Waals surface area contributed by atoms with Crippen molar-refractivity contribution < 1.29 is 87.2 Å². The van der Waals surface area contributed by atoms with Gasteiger partial charge >= 0.3 is 11.9 Å². The van der Waals surface area contributed by atoms with Crippen molar-refractivity contribution in [3.63, 3.8) is 0 Å². The molecular weight excluding hydrogens is 1160 g/mol. The number of carboxylic acids is 2. The van der Waals surface area contributed by atoms with Crippen LogP contribution in [0.5, 0.6) is 0 Å². The van der Waals surface area contributed by atoms with Crippen LogP contribution in [0, 0.1) is 35.5 Å². The number of fused-ring (bicyclic) bond motifs is 5. The molecule has 87 heavy (non-hydrogen) atoms. The predicted molar refractivity (Wildman–Crippen MR) is 309 cm³/mol. The second-order valence-corrected chi connectivity index (χ2v) is 23.2. The van der Waals surface area contributed by atoms with E-state index in [4.69, 9.17) is 5.11 Å². The summed E-state index contributed by atoms with van der Waals surface area (Å²) >= 11 is 0.963. The molecule has 12 N–H and O–H groups in total. The Balaban J connectivity index is 1.47. The van der Waals surface area contributed by atoms with Gasteiger partial charge in [0.1, 0.15) is 35.7 Å². The van der Waals surface area contributed by atoms with Gasteiger partial charge in [0.25, 0.3) is 5.91 Å². The molecule has 0 radical (unpaired) electrons. The highest BCUT2D eigenvalue weighted by atomic mass is 32.2. The van der Waals surface area contributed by atoms with E-state index in [1.165, 1.54) is 6.92 Å². The normalized spacial score (nSPS) is 22.8. The van der Waals surface area contributed by atoms with Crippen molar-refractivity contribution in [1.29, 1.82) is 0 Å². The second kappa shape index (κ2) is 32.8. The lowest BCUT2D eigenvalue weighted by Crippen LogP contribution is -2.59. The van der Waals surface area contributed by atoms with Crippen molar-refractivity contribution in [3.05, 3.63) is 29.3 Å². The van der Waals surface area contributed by atoms with Gasteiger partial charge in [0.05, 0.1) is 49.1 Å². The van der Waals surface area contributed by atoms with Crippen molar-refractivity contribution in [1.82, 2.24) is 52.4 Å². The highest BCUT2D eigenvalue weighted by molar-refractivity contribution is 7.99. The molecule has 29 heteroatoms. The first-order valence-electron chi connectivity index (χ1n) is 28.8. The highest BCUT2D eigenvalue weighted by Gasteiger charge is 2.44. The van der Waals surface area contributed by atoms with E-state index in [1.54, 1.807) is 51.8 Å². The van der Waals surface area contributed by atoms with Crippen molar-refractivity contribution >= 4 is 111 Å². The number of rotatable bonds is 20. The van der Waals surface area contributed by atoms with E-state index in [0.29, 0.717) is 34.9 Å². The van der Waals surface area contributed by atoms with Crippen LogP contribution in [-0.2, 0) is 84.8 Å². The van der Waals surface area contributed by atoms with E-state index in [1.807, 2.05) is 5.92 Å². The number of aliphatic hydroxyl groups excluding tert-OH is 1. The van der Waals surface area contributed by atoms with Crippen molar-refractivity contribution in [2.24, 2.45) is 23.7 Å². The van der Waals surface area contributed by atoms with Crippen LogP contribution in [0.15, 0.2) is 23.2 Å². The maximum Gasteiger partial charge on any atom is 0.382 e. The minimum absolute atomic E-state index is 0.0119. The number of aromatic amines is 1. The third-order valence-corrected chi connectivity index (χ3v) is 16.5. The van der Waals surface area contributed by atoms with Gasteiger partial charge in [-0.3, -0.25) is 67.1 Å². The minimum atomic E-state index is -1.62. The number of carboxylic acid groups (broad SMARTS) is 2. The fourth-order valence-corrected chi connectivity index (χ4v) is 11.3. The molecule has 0 aliphatic carbocycles. The van der Waals surface area contributed by atoms with Crippen LogP contribution in [0.1, 0.15) is 110 Å². The largest absolute Gasteiger partial charge is 0.481 e. The van der Waals surface area contributed by atoms with Crippen molar-refractivity contribution in [2.45, 2.75) is 153 Å². The Morgan fingerprint density at radius 3 is 2.06 bits per heavy atom. The number of thioether (sulfide) groups is 1. The SMILES string of the molecule is CCC(C)[C@@H]1NC(=O)[C@@H]2C[C@@H](O)CN2C(=O)[C@H](CC(=O)O)CC(=O)[C@@H]2CSc3[nH]c4ccc(CC(=O)CNC(=O)C(C)CC(=O)CCCC(=O)CCNC(=O)C#CC(=O)O)cc4c3C[C@@H](NC1=O)C(=O)NCC(=O)N[C@@H]([C@@H](C)CC)C(=O)NCC(=O)N2. The van der Waals surface area contributed by atoms with E-state index < -0.39 is 176 Å². The number of amides is 9. The van der Waals surface area contributed by atoms with E-state index in [9.17, 15) is 82.1 Å². The molecule has 3 aliphatic heterocycles. The summed E-state index contributed by atoms with van der Waals surface area (Å²) in [6, 6.07) is -2.28. The number of ketones is 4. The number of hydrogen-bond donors (Lipinski definition) is 12. The zero-order valence-electron chi connectivity index (χ0n) is 49.1. The molecular formula is C58H76N10O18S. The molecule has 0 saturated carbocycles. The molecule has 1 saturated heterocycles. The number of aromatic nitrogens is 1. The van der Waals surface area contributed by atoms with Gasteiger partial charge in [0.2, 0.25) is 47.3 Å². The van der Waals surface area contributed by atoms with Gasteiger partial charge in [-0.2, -0.15) is 0 Å². The van der Waals surface area contributed by atoms with E-state index >= 15 is 0 Å². The van der Waals surface area contributed by atoms with Crippen LogP contribution < -0.4 is 42.5 Å². The minimum Gasteiger partial charge on any atom is -0.481 e. The van der Waals surface area contributed by atoms with Crippen LogP contribution in [-0.4, -0.2) is 188 Å². The van der Waals surface area contributed by atoms with Crippen molar-refractivity contribution in [2.75, 3.05) is 38.5 Å². The number of carbonyl (C=O) groups is 15. The lowest BCUT2D eigenvalue weighted by atomic mass is 9.93. The van der Waals surface area contributed by atoms with Gasteiger partial charge in [-0.05, 0) is 41.5 Å². The number of Topliss-reactive ketones (excluding diaryl/α,β-unsaturated/α-hetero) is 4. The summed E-state index contributed by atoms with van der Waals surface area (Å²) in [4.78, 5) is 204. The molecule has 9 amide bonds. The van der Waals surface area contributed by atoms with Gasteiger partial charge in [0.15, 0.2) is 11.6 Å². The zero-order valence-corrected chi connectivity index (χ0v) is 49.9. The van der Waals surface area contributed by atoms with E-state index in [2.05, 4.69) is 47.5 Å². The molecule has 2 unspecified atom stereocenters. The van der Waals surface area contributed by atoms with Crippen LogP contribution in [0.2, 0.25) is 0 Å². The molecule has 2 bridgehead atoms. The summed E-state index contributed by atoms with van der Waals surface area (Å²) in [5.41, 5.74) is 1.15. The summed E-state index contributed by atoms with van der Waals surface area (Å²) in [5, 5.41) is 50.5. The number of hydrogen-bond acceptors (Lipinski definition) is 17. The van der Waals surface area contributed by atoms with Gasteiger partial charge in [0, 0.05) is 98.9 Å². The summed E-state index contributed by atoms with van der Waals surface area (Å²) in [7, 11) is 0. The number of carbonyl (C=O) groups excluding carboxylic acids is 13. The number of nitrogens with zero attached hydrogens (tertiary/aromatic N) is 1.